The Balaban J connectivity index is 2.49. The third kappa shape index (κ3) is 3.62. The lowest BCUT2D eigenvalue weighted by atomic mass is 10.2. The first-order valence-corrected chi connectivity index (χ1v) is 5.78. The molecule has 16 heavy (non-hydrogen) atoms. The van der Waals surface area contributed by atoms with Crippen LogP contribution in [0.25, 0.3) is 0 Å². The van der Waals surface area contributed by atoms with E-state index in [1.165, 1.54) is 17.5 Å². The van der Waals surface area contributed by atoms with Gasteiger partial charge in [0.1, 0.15) is 4.88 Å². The minimum absolute atomic E-state index is 0.0679. The van der Waals surface area contributed by atoms with Crippen LogP contribution in [0, 0.1) is 0 Å². The maximum atomic E-state index is 11.5. The summed E-state index contributed by atoms with van der Waals surface area (Å²) in [7, 11) is 0. The number of aliphatic carboxylic acids is 1. The van der Waals surface area contributed by atoms with Crippen molar-refractivity contribution in [3.05, 3.63) is 16.1 Å². The molecule has 1 rings (SSSR count). The molecule has 1 heterocycles. The molecule has 0 bridgehead atoms. The van der Waals surface area contributed by atoms with Crippen molar-refractivity contribution in [3.8, 4) is 0 Å². The van der Waals surface area contributed by atoms with Crippen LogP contribution in [-0.2, 0) is 4.79 Å². The van der Waals surface area contributed by atoms with E-state index in [1.807, 2.05) is 13.8 Å². The van der Waals surface area contributed by atoms with Crippen LogP contribution in [0.3, 0.4) is 0 Å². The van der Waals surface area contributed by atoms with E-state index in [1.54, 1.807) is 0 Å². The summed E-state index contributed by atoms with van der Waals surface area (Å²) >= 11 is 1.34. The Morgan fingerprint density at radius 1 is 1.56 bits per heavy atom. The van der Waals surface area contributed by atoms with Gasteiger partial charge in [-0.25, -0.2) is 4.98 Å². The van der Waals surface area contributed by atoms with E-state index in [2.05, 4.69) is 10.3 Å². The van der Waals surface area contributed by atoms with Crippen molar-refractivity contribution < 1.29 is 14.7 Å². The standard InChI is InChI=1S/C10H14N2O3S/c1-6(2)10-12-5-7(16-10)9(15)11-4-3-8(13)14/h5-6H,3-4H2,1-2H3,(H,11,15)(H,13,14). The molecule has 0 atom stereocenters. The second-order valence-electron chi connectivity index (χ2n) is 3.62. The van der Waals surface area contributed by atoms with Gasteiger partial charge < -0.3 is 10.4 Å². The molecule has 2 N–H and O–H groups in total. The monoisotopic (exact) mass is 242 g/mol. The summed E-state index contributed by atoms with van der Waals surface area (Å²) in [6.45, 7) is 4.15. The Morgan fingerprint density at radius 3 is 2.75 bits per heavy atom. The molecule has 6 heteroatoms. The van der Waals surface area contributed by atoms with E-state index in [9.17, 15) is 9.59 Å². The van der Waals surface area contributed by atoms with Crippen molar-refractivity contribution in [2.45, 2.75) is 26.2 Å². The van der Waals surface area contributed by atoms with E-state index in [0.29, 0.717) is 10.8 Å². The lowest BCUT2D eigenvalue weighted by Crippen LogP contribution is -2.25. The lowest BCUT2D eigenvalue weighted by molar-refractivity contribution is -0.136. The number of aromatic nitrogens is 1. The van der Waals surface area contributed by atoms with Crippen LogP contribution in [0.2, 0.25) is 0 Å². The zero-order chi connectivity index (χ0) is 12.1. The molecule has 1 aromatic heterocycles. The SMILES string of the molecule is CC(C)c1ncc(C(=O)NCCC(=O)O)s1. The van der Waals surface area contributed by atoms with Crippen molar-refractivity contribution >= 4 is 23.2 Å². The number of thiazole rings is 1. The number of carboxylic acids is 1. The van der Waals surface area contributed by atoms with E-state index in [0.717, 1.165) is 5.01 Å². The van der Waals surface area contributed by atoms with Gasteiger partial charge in [-0.2, -0.15) is 0 Å². The summed E-state index contributed by atoms with van der Waals surface area (Å²) in [5.74, 6) is -0.885. The highest BCUT2D eigenvalue weighted by Crippen LogP contribution is 2.20. The molecule has 0 saturated carbocycles. The van der Waals surface area contributed by atoms with E-state index >= 15 is 0 Å². The van der Waals surface area contributed by atoms with Crippen LogP contribution in [0.5, 0.6) is 0 Å². The van der Waals surface area contributed by atoms with Crippen molar-refractivity contribution in [2.24, 2.45) is 0 Å². The molecular formula is C10H14N2O3S. The van der Waals surface area contributed by atoms with Crippen LogP contribution >= 0.6 is 11.3 Å². The van der Waals surface area contributed by atoms with Gasteiger partial charge in [0, 0.05) is 12.5 Å². The van der Waals surface area contributed by atoms with Gasteiger partial charge in [0.25, 0.3) is 5.91 Å². The fraction of sp³-hybridized carbons (Fsp3) is 0.500. The number of rotatable bonds is 5. The lowest BCUT2D eigenvalue weighted by Gasteiger charge is -2.00. The highest BCUT2D eigenvalue weighted by molar-refractivity contribution is 7.13. The summed E-state index contributed by atoms with van der Waals surface area (Å²) in [6, 6.07) is 0. The summed E-state index contributed by atoms with van der Waals surface area (Å²) in [5.41, 5.74) is 0. The molecule has 0 aliphatic carbocycles. The zero-order valence-electron chi connectivity index (χ0n) is 9.19. The number of carboxylic acid groups (broad SMARTS) is 1. The molecule has 88 valence electrons. The number of carbonyl (C=O) groups is 2. The van der Waals surface area contributed by atoms with Crippen LogP contribution in [-0.4, -0.2) is 28.5 Å². The summed E-state index contributed by atoms with van der Waals surface area (Å²) < 4.78 is 0. The Hall–Kier alpha value is -1.43. The first-order chi connectivity index (χ1) is 7.50. The first kappa shape index (κ1) is 12.6. The molecule has 0 saturated heterocycles. The Bertz CT molecular complexity index is 387. The van der Waals surface area contributed by atoms with Crippen LogP contribution in [0.4, 0.5) is 0 Å². The van der Waals surface area contributed by atoms with Crippen LogP contribution in [0.15, 0.2) is 6.20 Å². The fourth-order valence-electron chi connectivity index (χ4n) is 1.03. The molecule has 1 aromatic rings. The molecule has 0 aliphatic heterocycles. The van der Waals surface area contributed by atoms with Crippen LogP contribution in [0.1, 0.15) is 40.9 Å². The van der Waals surface area contributed by atoms with Gasteiger partial charge in [-0.05, 0) is 0 Å². The third-order valence-electron chi connectivity index (χ3n) is 1.87. The zero-order valence-corrected chi connectivity index (χ0v) is 10.0. The second-order valence-corrected chi connectivity index (χ2v) is 4.68. The van der Waals surface area contributed by atoms with Crippen molar-refractivity contribution in [1.29, 1.82) is 0 Å². The topological polar surface area (TPSA) is 79.3 Å². The van der Waals surface area contributed by atoms with Crippen molar-refractivity contribution in [3.63, 3.8) is 0 Å². The molecule has 0 radical (unpaired) electrons. The Morgan fingerprint density at radius 2 is 2.25 bits per heavy atom. The predicted octanol–water partition coefficient (Wildman–Crippen LogP) is 1.47. The van der Waals surface area contributed by atoms with Gasteiger partial charge in [-0.3, -0.25) is 9.59 Å². The summed E-state index contributed by atoms with van der Waals surface area (Å²) in [4.78, 5) is 26.4. The minimum atomic E-state index is -0.924. The second kappa shape index (κ2) is 5.60. The van der Waals surface area contributed by atoms with Crippen molar-refractivity contribution in [2.75, 3.05) is 6.54 Å². The van der Waals surface area contributed by atoms with Crippen LogP contribution < -0.4 is 5.32 Å². The number of carbonyl (C=O) groups excluding carboxylic acids is 1. The number of hydrogen-bond acceptors (Lipinski definition) is 4. The first-order valence-electron chi connectivity index (χ1n) is 4.96. The van der Waals surface area contributed by atoms with Gasteiger partial charge in [0.2, 0.25) is 0 Å². The largest absolute Gasteiger partial charge is 0.481 e. The van der Waals surface area contributed by atoms with Gasteiger partial charge >= 0.3 is 5.97 Å². The Kier molecular flexibility index (Phi) is 4.42. The van der Waals surface area contributed by atoms with Gasteiger partial charge in [0.05, 0.1) is 17.6 Å². The molecule has 0 aromatic carbocycles. The minimum Gasteiger partial charge on any atom is -0.481 e. The van der Waals surface area contributed by atoms with E-state index in [-0.39, 0.29) is 18.9 Å². The highest BCUT2D eigenvalue weighted by atomic mass is 32.1. The number of nitrogens with one attached hydrogen (secondary N) is 1. The number of nitrogens with zero attached hydrogens (tertiary/aromatic N) is 1. The number of amides is 1. The third-order valence-corrected chi connectivity index (χ3v) is 3.16. The average Bonchev–Trinajstić information content (AvgIpc) is 2.65. The molecule has 5 nitrogen and oxygen atoms in total. The average molecular weight is 242 g/mol. The quantitative estimate of drug-likeness (QED) is 0.819. The summed E-state index contributed by atoms with van der Waals surface area (Å²) in [6.07, 6.45) is 1.46. The van der Waals surface area contributed by atoms with E-state index < -0.39 is 5.97 Å². The maximum Gasteiger partial charge on any atom is 0.305 e. The molecule has 0 unspecified atom stereocenters. The Labute approximate surface area is 97.5 Å². The highest BCUT2D eigenvalue weighted by Gasteiger charge is 2.12. The molecule has 0 aliphatic rings. The molecule has 0 spiro atoms. The van der Waals surface area contributed by atoms with Gasteiger partial charge in [0.15, 0.2) is 0 Å². The molecular weight excluding hydrogens is 228 g/mol. The number of hydrogen-bond donors (Lipinski definition) is 2. The fourth-order valence-corrected chi connectivity index (χ4v) is 1.87. The normalized spacial score (nSPS) is 10.4. The maximum absolute atomic E-state index is 11.5. The predicted molar refractivity (Wildman–Crippen MR) is 60.8 cm³/mol. The van der Waals surface area contributed by atoms with Gasteiger partial charge in [-0.15, -0.1) is 11.3 Å². The molecule has 1 amide bonds. The summed E-state index contributed by atoms with van der Waals surface area (Å²) in [5, 5.41) is 11.9. The van der Waals surface area contributed by atoms with E-state index in [4.69, 9.17) is 5.11 Å². The van der Waals surface area contributed by atoms with Crippen molar-refractivity contribution in [1.82, 2.24) is 10.3 Å². The van der Waals surface area contributed by atoms with Gasteiger partial charge in [-0.1, -0.05) is 13.8 Å². The smallest absolute Gasteiger partial charge is 0.305 e. The molecule has 0 fully saturated rings.